The number of hydrogen-bond donors (Lipinski definition) is 1. The fourth-order valence-electron chi connectivity index (χ4n) is 1.60. The van der Waals surface area contributed by atoms with Gasteiger partial charge in [-0.1, -0.05) is 30.3 Å². The molecule has 0 bridgehead atoms. The second-order valence-corrected chi connectivity index (χ2v) is 3.98. The van der Waals surface area contributed by atoms with Crippen LogP contribution in [0.3, 0.4) is 0 Å². The lowest BCUT2D eigenvalue weighted by molar-refractivity contribution is 0.104. The van der Waals surface area contributed by atoms with E-state index in [9.17, 15) is 4.79 Å². The van der Waals surface area contributed by atoms with Gasteiger partial charge in [-0.25, -0.2) is 0 Å². The average Bonchev–Trinajstić information content (AvgIpc) is 2.46. The first kappa shape index (κ1) is 12.6. The zero-order valence-electron chi connectivity index (χ0n) is 10.1. The summed E-state index contributed by atoms with van der Waals surface area (Å²) in [7, 11) is 0. The van der Waals surface area contributed by atoms with Crippen LogP contribution in [0.15, 0.2) is 54.6 Å². The van der Waals surface area contributed by atoms with Gasteiger partial charge in [0.05, 0.1) is 11.6 Å². The number of phenols is 1. The number of rotatable bonds is 3. The Morgan fingerprint density at radius 2 is 1.89 bits per heavy atom. The first-order chi connectivity index (χ1) is 9.19. The maximum Gasteiger partial charge on any atom is 0.185 e. The molecule has 0 spiro atoms. The van der Waals surface area contributed by atoms with Gasteiger partial charge < -0.3 is 5.11 Å². The van der Waals surface area contributed by atoms with E-state index in [1.165, 1.54) is 6.08 Å². The van der Waals surface area contributed by atoms with Crippen molar-refractivity contribution in [3.8, 4) is 11.8 Å². The minimum Gasteiger partial charge on any atom is -0.508 e. The highest BCUT2D eigenvalue weighted by molar-refractivity contribution is 6.06. The second kappa shape index (κ2) is 5.65. The summed E-state index contributed by atoms with van der Waals surface area (Å²) in [4.78, 5) is 11.9. The zero-order chi connectivity index (χ0) is 13.7. The molecule has 0 aliphatic heterocycles. The fraction of sp³-hybridized carbons (Fsp3) is 0. The molecular formula is C16H11NO2. The number of phenolic OH excluding ortho intramolecular Hbond substituents is 1. The Kier molecular flexibility index (Phi) is 3.75. The van der Waals surface area contributed by atoms with Crippen molar-refractivity contribution in [2.24, 2.45) is 0 Å². The van der Waals surface area contributed by atoms with Crippen LogP contribution in [-0.2, 0) is 0 Å². The van der Waals surface area contributed by atoms with Gasteiger partial charge in [0.25, 0.3) is 0 Å². The summed E-state index contributed by atoms with van der Waals surface area (Å²) >= 11 is 0. The van der Waals surface area contributed by atoms with Crippen molar-refractivity contribution in [2.75, 3.05) is 0 Å². The number of carbonyl (C=O) groups excluding carboxylic acids is 1. The predicted molar refractivity (Wildman–Crippen MR) is 72.6 cm³/mol. The third kappa shape index (κ3) is 3.30. The van der Waals surface area contributed by atoms with Crippen LogP contribution >= 0.6 is 0 Å². The van der Waals surface area contributed by atoms with E-state index >= 15 is 0 Å². The quantitative estimate of drug-likeness (QED) is 0.671. The van der Waals surface area contributed by atoms with E-state index in [1.807, 2.05) is 6.07 Å². The van der Waals surface area contributed by atoms with Crippen LogP contribution in [-0.4, -0.2) is 10.9 Å². The van der Waals surface area contributed by atoms with Gasteiger partial charge in [-0.2, -0.15) is 5.26 Å². The van der Waals surface area contributed by atoms with Gasteiger partial charge in [0.2, 0.25) is 0 Å². The van der Waals surface area contributed by atoms with Crippen LogP contribution in [0.5, 0.6) is 5.75 Å². The van der Waals surface area contributed by atoms with Gasteiger partial charge in [-0.05, 0) is 35.9 Å². The third-order valence-corrected chi connectivity index (χ3v) is 2.60. The number of ketones is 1. The largest absolute Gasteiger partial charge is 0.508 e. The van der Waals surface area contributed by atoms with Crippen molar-refractivity contribution >= 4 is 11.9 Å². The van der Waals surface area contributed by atoms with E-state index in [-0.39, 0.29) is 11.5 Å². The zero-order valence-corrected chi connectivity index (χ0v) is 10.1. The highest BCUT2D eigenvalue weighted by Gasteiger charge is 2.02. The monoisotopic (exact) mass is 249 g/mol. The maximum absolute atomic E-state index is 11.9. The number of nitriles is 1. The molecule has 19 heavy (non-hydrogen) atoms. The Morgan fingerprint density at radius 1 is 1.16 bits per heavy atom. The van der Waals surface area contributed by atoms with Gasteiger partial charge in [0.1, 0.15) is 5.75 Å². The molecule has 2 aromatic carbocycles. The molecule has 0 saturated heterocycles. The summed E-state index contributed by atoms with van der Waals surface area (Å²) in [5.74, 6) is 0.0235. The van der Waals surface area contributed by atoms with E-state index in [1.54, 1.807) is 54.6 Å². The molecule has 0 atom stereocenters. The maximum atomic E-state index is 11.9. The molecule has 0 radical (unpaired) electrons. The molecule has 0 heterocycles. The van der Waals surface area contributed by atoms with E-state index in [0.717, 1.165) is 5.56 Å². The fourth-order valence-corrected chi connectivity index (χ4v) is 1.60. The number of hydrogen-bond acceptors (Lipinski definition) is 3. The summed E-state index contributed by atoms with van der Waals surface area (Å²) in [6, 6.07) is 15.1. The van der Waals surface area contributed by atoms with Crippen molar-refractivity contribution in [1.29, 1.82) is 5.26 Å². The molecule has 0 amide bonds. The summed E-state index contributed by atoms with van der Waals surface area (Å²) in [6.07, 6.45) is 3.11. The molecular weight excluding hydrogens is 238 g/mol. The molecule has 0 aliphatic carbocycles. The number of benzene rings is 2. The number of nitrogens with zero attached hydrogens (tertiary/aromatic N) is 1. The summed E-state index contributed by atoms with van der Waals surface area (Å²) in [5.41, 5.74) is 1.76. The Hall–Kier alpha value is -2.86. The van der Waals surface area contributed by atoms with Crippen molar-refractivity contribution in [3.05, 3.63) is 71.3 Å². The highest BCUT2D eigenvalue weighted by atomic mass is 16.3. The van der Waals surface area contributed by atoms with Crippen LogP contribution in [0, 0.1) is 11.3 Å². The average molecular weight is 249 g/mol. The number of carbonyl (C=O) groups is 1. The van der Waals surface area contributed by atoms with E-state index in [2.05, 4.69) is 0 Å². The number of allylic oxidation sites excluding steroid dienone is 1. The van der Waals surface area contributed by atoms with Crippen LogP contribution in [0.1, 0.15) is 21.5 Å². The first-order valence-corrected chi connectivity index (χ1v) is 5.70. The highest BCUT2D eigenvalue weighted by Crippen LogP contribution is 2.12. The van der Waals surface area contributed by atoms with E-state index < -0.39 is 0 Å². The topological polar surface area (TPSA) is 61.1 Å². The summed E-state index contributed by atoms with van der Waals surface area (Å²) < 4.78 is 0. The first-order valence-electron chi connectivity index (χ1n) is 5.70. The predicted octanol–water partition coefficient (Wildman–Crippen LogP) is 3.16. The van der Waals surface area contributed by atoms with E-state index in [4.69, 9.17) is 10.4 Å². The van der Waals surface area contributed by atoms with Crippen molar-refractivity contribution in [3.63, 3.8) is 0 Å². The van der Waals surface area contributed by atoms with E-state index in [0.29, 0.717) is 11.1 Å². The van der Waals surface area contributed by atoms with Gasteiger partial charge in [0, 0.05) is 5.56 Å². The SMILES string of the molecule is N#Cc1cccc(C(=O)C=Cc2ccc(O)cc2)c1. The van der Waals surface area contributed by atoms with Gasteiger partial charge in [0.15, 0.2) is 5.78 Å². The van der Waals surface area contributed by atoms with Crippen molar-refractivity contribution in [1.82, 2.24) is 0 Å². The minimum atomic E-state index is -0.162. The molecule has 0 aromatic heterocycles. The van der Waals surface area contributed by atoms with Crippen LogP contribution < -0.4 is 0 Å². The Morgan fingerprint density at radius 3 is 2.58 bits per heavy atom. The van der Waals surface area contributed by atoms with Gasteiger partial charge in [-0.15, -0.1) is 0 Å². The van der Waals surface area contributed by atoms with Gasteiger partial charge in [-0.3, -0.25) is 4.79 Å². The minimum absolute atomic E-state index is 0.162. The van der Waals surface area contributed by atoms with Gasteiger partial charge >= 0.3 is 0 Å². The molecule has 2 rings (SSSR count). The molecule has 1 N–H and O–H groups in total. The molecule has 0 saturated carbocycles. The molecule has 0 aliphatic rings. The molecule has 2 aromatic rings. The Bertz CT molecular complexity index is 664. The smallest absolute Gasteiger partial charge is 0.185 e. The summed E-state index contributed by atoms with van der Waals surface area (Å²) in [5, 5.41) is 17.9. The normalized spacial score (nSPS) is 10.3. The van der Waals surface area contributed by atoms with Crippen molar-refractivity contribution < 1.29 is 9.90 Å². The Labute approximate surface area is 111 Å². The lowest BCUT2D eigenvalue weighted by Gasteiger charge is -1.97. The van der Waals surface area contributed by atoms with Crippen LogP contribution in [0.25, 0.3) is 6.08 Å². The van der Waals surface area contributed by atoms with Crippen LogP contribution in [0.4, 0.5) is 0 Å². The Balaban J connectivity index is 2.16. The van der Waals surface area contributed by atoms with Crippen molar-refractivity contribution in [2.45, 2.75) is 0 Å². The number of aromatic hydroxyl groups is 1. The molecule has 3 heteroatoms. The summed E-state index contributed by atoms with van der Waals surface area (Å²) in [6.45, 7) is 0. The molecule has 0 unspecified atom stereocenters. The van der Waals surface area contributed by atoms with Crippen LogP contribution in [0.2, 0.25) is 0 Å². The molecule has 0 fully saturated rings. The standard InChI is InChI=1S/C16H11NO2/c17-11-13-2-1-3-14(10-13)16(19)9-6-12-4-7-15(18)8-5-12/h1-10,18H. The molecule has 92 valence electrons. The lowest BCUT2D eigenvalue weighted by atomic mass is 10.1. The lowest BCUT2D eigenvalue weighted by Crippen LogP contribution is -1.94. The third-order valence-electron chi connectivity index (χ3n) is 2.60. The second-order valence-electron chi connectivity index (χ2n) is 3.98. The molecule has 3 nitrogen and oxygen atoms in total.